The molecule has 1 heterocycles. The molecule has 0 spiro atoms. The van der Waals surface area contributed by atoms with E-state index in [-0.39, 0.29) is 11.3 Å². The van der Waals surface area contributed by atoms with Crippen LogP contribution in [0.5, 0.6) is 0 Å². The molecule has 0 aliphatic carbocycles. The lowest BCUT2D eigenvalue weighted by Crippen LogP contribution is -2.33. The second kappa shape index (κ2) is 2.80. The largest absolute Gasteiger partial charge is 0.352 e. The topological polar surface area (TPSA) is 20.3 Å². The highest BCUT2D eigenvalue weighted by Crippen LogP contribution is 2.37. The van der Waals surface area contributed by atoms with Gasteiger partial charge in [0.05, 0.1) is 11.3 Å². The van der Waals surface area contributed by atoms with Gasteiger partial charge in [-0.15, -0.1) is 0 Å². The molecule has 2 nitrogen and oxygen atoms in total. The Labute approximate surface area is 74.8 Å². The van der Waals surface area contributed by atoms with Crippen molar-refractivity contribution in [3.63, 3.8) is 0 Å². The van der Waals surface area contributed by atoms with E-state index in [1.807, 2.05) is 0 Å². The zero-order valence-corrected chi connectivity index (χ0v) is 7.18. The maximum Gasteiger partial charge on any atom is 0.352 e. The molecule has 0 radical (unpaired) electrons. The molecule has 0 aromatic rings. The summed E-state index contributed by atoms with van der Waals surface area (Å²) in [6, 6.07) is 0. The number of amides is 1. The average molecular weight is 185 g/mol. The number of hydrogen-bond acceptors (Lipinski definition) is 1. The molecule has 0 saturated heterocycles. The van der Waals surface area contributed by atoms with E-state index >= 15 is 0 Å². The van der Waals surface area contributed by atoms with E-state index in [4.69, 9.17) is 0 Å². The summed E-state index contributed by atoms with van der Waals surface area (Å²) >= 11 is 0. The number of allylic oxidation sites excluding steroid dienone is 2. The van der Waals surface area contributed by atoms with Gasteiger partial charge >= 0.3 is 11.8 Å². The molecule has 0 bridgehead atoms. The molecule has 70 valence electrons. The van der Waals surface area contributed by atoms with Gasteiger partial charge in [-0.2, -0.15) is 8.78 Å². The van der Waals surface area contributed by atoms with Crippen LogP contribution in [0.3, 0.4) is 0 Å². The number of halogens is 2. The van der Waals surface area contributed by atoms with Gasteiger partial charge in [-0.25, -0.2) is 0 Å². The lowest BCUT2D eigenvalue weighted by Gasteiger charge is -2.11. The van der Waals surface area contributed by atoms with Crippen molar-refractivity contribution in [1.29, 1.82) is 0 Å². The van der Waals surface area contributed by atoms with Crippen molar-refractivity contribution in [2.75, 3.05) is 7.05 Å². The molecule has 0 fully saturated rings. The fourth-order valence-electron chi connectivity index (χ4n) is 1.26. The van der Waals surface area contributed by atoms with Gasteiger partial charge in [0, 0.05) is 7.05 Å². The zero-order chi connectivity index (χ0) is 10.2. The molecule has 0 unspecified atom stereocenters. The first-order chi connectivity index (χ1) is 5.96. The molecule has 1 aliphatic rings. The molecule has 0 aromatic carbocycles. The highest BCUT2D eigenvalue weighted by molar-refractivity contribution is 5.93. The fraction of sp³-hybridized carbons (Fsp3) is 0.222. The van der Waals surface area contributed by atoms with Crippen LogP contribution in [0.15, 0.2) is 36.6 Å². The van der Waals surface area contributed by atoms with Gasteiger partial charge in [0.2, 0.25) is 0 Å². The Hall–Kier alpha value is -1.45. The van der Waals surface area contributed by atoms with Crippen molar-refractivity contribution in [3.8, 4) is 0 Å². The number of alkyl halides is 2. The Morgan fingerprint density at radius 1 is 1.38 bits per heavy atom. The Kier molecular flexibility index (Phi) is 2.07. The summed E-state index contributed by atoms with van der Waals surface area (Å²) < 4.78 is 26.2. The smallest absolute Gasteiger partial charge is 0.309 e. The maximum absolute atomic E-state index is 13.1. The number of carbonyl (C=O) groups excluding carboxylic acids is 1. The van der Waals surface area contributed by atoms with E-state index in [9.17, 15) is 13.6 Å². The first-order valence-corrected chi connectivity index (χ1v) is 3.62. The maximum atomic E-state index is 13.1. The third-order valence-electron chi connectivity index (χ3n) is 1.95. The minimum Gasteiger partial charge on any atom is -0.309 e. The van der Waals surface area contributed by atoms with Crippen LogP contribution in [0.25, 0.3) is 0 Å². The SMILES string of the molecule is C=CC1=C(C=C)C(F)(F)C(=O)N1C. The summed E-state index contributed by atoms with van der Waals surface area (Å²) in [5.74, 6) is -4.70. The van der Waals surface area contributed by atoms with Gasteiger partial charge in [0.1, 0.15) is 0 Å². The predicted molar refractivity (Wildman–Crippen MR) is 45.1 cm³/mol. The Balaban J connectivity index is 3.34. The quantitative estimate of drug-likeness (QED) is 0.641. The van der Waals surface area contributed by atoms with Crippen molar-refractivity contribution < 1.29 is 13.6 Å². The first-order valence-electron chi connectivity index (χ1n) is 3.62. The van der Waals surface area contributed by atoms with Crippen LogP contribution in [0.2, 0.25) is 0 Å². The van der Waals surface area contributed by atoms with Crippen LogP contribution >= 0.6 is 0 Å². The summed E-state index contributed by atoms with van der Waals surface area (Å²) in [5, 5.41) is 0. The fourth-order valence-corrected chi connectivity index (χ4v) is 1.26. The minimum atomic E-state index is -3.46. The zero-order valence-electron chi connectivity index (χ0n) is 7.18. The predicted octanol–water partition coefficient (Wildman–Crippen LogP) is 1.72. The summed E-state index contributed by atoms with van der Waals surface area (Å²) in [7, 11) is 1.28. The van der Waals surface area contributed by atoms with E-state index in [2.05, 4.69) is 13.2 Å². The molecule has 1 rings (SSSR count). The van der Waals surface area contributed by atoms with E-state index in [1.54, 1.807) is 0 Å². The first kappa shape index (κ1) is 9.64. The summed E-state index contributed by atoms with van der Waals surface area (Å²) in [6.45, 7) is 6.60. The lowest BCUT2D eigenvalue weighted by atomic mass is 10.1. The molecular weight excluding hydrogens is 176 g/mol. The van der Waals surface area contributed by atoms with Crippen LogP contribution < -0.4 is 0 Å². The van der Waals surface area contributed by atoms with Crippen molar-refractivity contribution in [2.24, 2.45) is 0 Å². The van der Waals surface area contributed by atoms with E-state index in [0.29, 0.717) is 0 Å². The van der Waals surface area contributed by atoms with E-state index < -0.39 is 11.8 Å². The van der Waals surface area contributed by atoms with Gasteiger partial charge in [0.25, 0.3) is 0 Å². The molecule has 0 saturated carbocycles. The summed E-state index contributed by atoms with van der Waals surface area (Å²) in [5.41, 5.74) is -0.264. The van der Waals surface area contributed by atoms with Crippen LogP contribution in [-0.4, -0.2) is 23.8 Å². The van der Waals surface area contributed by atoms with Crippen LogP contribution in [0.4, 0.5) is 8.78 Å². The van der Waals surface area contributed by atoms with Crippen molar-refractivity contribution in [2.45, 2.75) is 5.92 Å². The van der Waals surface area contributed by atoms with Gasteiger partial charge in [0.15, 0.2) is 0 Å². The Morgan fingerprint density at radius 2 is 1.92 bits per heavy atom. The van der Waals surface area contributed by atoms with Gasteiger partial charge in [-0.3, -0.25) is 4.79 Å². The van der Waals surface area contributed by atoms with Crippen LogP contribution in [-0.2, 0) is 4.79 Å². The van der Waals surface area contributed by atoms with Crippen LogP contribution in [0, 0.1) is 0 Å². The summed E-state index contributed by atoms with van der Waals surface area (Å²) in [6.07, 6.45) is 2.20. The highest BCUT2D eigenvalue weighted by atomic mass is 19.3. The molecule has 0 atom stereocenters. The van der Waals surface area contributed by atoms with Gasteiger partial charge in [-0.1, -0.05) is 19.2 Å². The number of carbonyl (C=O) groups is 1. The van der Waals surface area contributed by atoms with Gasteiger partial charge in [-0.05, 0) is 6.08 Å². The van der Waals surface area contributed by atoms with E-state index in [0.717, 1.165) is 11.0 Å². The number of likely N-dealkylation sites (N-methyl/N-ethyl adjacent to an activating group) is 1. The molecule has 1 amide bonds. The highest BCUT2D eigenvalue weighted by Gasteiger charge is 2.51. The third-order valence-corrected chi connectivity index (χ3v) is 1.95. The molecule has 0 aromatic heterocycles. The molecular formula is C9H9F2NO. The van der Waals surface area contributed by atoms with Gasteiger partial charge < -0.3 is 4.90 Å². The summed E-state index contributed by atoms with van der Waals surface area (Å²) in [4.78, 5) is 11.9. The van der Waals surface area contributed by atoms with Crippen molar-refractivity contribution in [1.82, 2.24) is 4.90 Å². The minimum absolute atomic E-state index is 0.116. The Bertz CT molecular complexity index is 318. The van der Waals surface area contributed by atoms with Crippen molar-refractivity contribution >= 4 is 5.91 Å². The van der Waals surface area contributed by atoms with E-state index in [1.165, 1.54) is 13.1 Å². The normalized spacial score (nSPS) is 20.8. The lowest BCUT2D eigenvalue weighted by molar-refractivity contribution is -0.144. The number of nitrogens with zero attached hydrogens (tertiary/aromatic N) is 1. The second-order valence-corrected chi connectivity index (χ2v) is 2.65. The third kappa shape index (κ3) is 1.09. The molecule has 4 heteroatoms. The molecule has 0 N–H and O–H groups in total. The molecule has 13 heavy (non-hydrogen) atoms. The molecule has 1 aliphatic heterocycles. The van der Waals surface area contributed by atoms with Crippen LogP contribution in [0.1, 0.15) is 0 Å². The Morgan fingerprint density at radius 3 is 2.23 bits per heavy atom. The van der Waals surface area contributed by atoms with Crippen molar-refractivity contribution in [3.05, 3.63) is 36.6 Å². The standard InChI is InChI=1S/C9H9F2NO/c1-4-6-7(5-2)12(3)8(13)9(6,10)11/h4-5H,1-2H2,3H3. The number of rotatable bonds is 2. The number of hydrogen-bond donors (Lipinski definition) is 0. The second-order valence-electron chi connectivity index (χ2n) is 2.65. The monoisotopic (exact) mass is 185 g/mol. The average Bonchev–Trinajstić information content (AvgIpc) is 2.25.